The lowest BCUT2D eigenvalue weighted by Crippen LogP contribution is -2.28. The average Bonchev–Trinajstić information content (AvgIpc) is 2.55. The van der Waals surface area contributed by atoms with Crippen molar-refractivity contribution in [3.8, 4) is 11.5 Å². The van der Waals surface area contributed by atoms with E-state index in [1.807, 2.05) is 0 Å². The van der Waals surface area contributed by atoms with Crippen LogP contribution >= 0.6 is 0 Å². The molecule has 0 atom stereocenters. The summed E-state index contributed by atoms with van der Waals surface area (Å²) < 4.78 is 39.1. The number of aliphatic imine (C=N–C) groups is 1. The highest BCUT2D eigenvalue weighted by Crippen LogP contribution is 2.31. The molecule has 0 radical (unpaired) electrons. The van der Waals surface area contributed by atoms with E-state index in [1.165, 1.54) is 18.2 Å². The van der Waals surface area contributed by atoms with Crippen LogP contribution in [0.4, 0.5) is 19.3 Å². The van der Waals surface area contributed by atoms with Crippen LogP contribution in [0.1, 0.15) is 20.8 Å². The number of benzene rings is 1. The fourth-order valence-corrected chi connectivity index (χ4v) is 1.79. The fraction of sp³-hybridized carbons (Fsp3) is 0.400. The number of ether oxygens (including phenoxy) is 3. The molecule has 2 rings (SSSR count). The molecule has 130 valence electrons. The van der Waals surface area contributed by atoms with Crippen molar-refractivity contribution in [3.63, 3.8) is 0 Å². The third-order valence-corrected chi connectivity index (χ3v) is 2.67. The monoisotopic (exact) mass is 342 g/mol. The first kappa shape index (κ1) is 17.6. The molecule has 1 heterocycles. The lowest BCUT2D eigenvalue weighted by atomic mass is 10.2. The number of hydrogen-bond donors (Lipinski definition) is 1. The Morgan fingerprint density at radius 3 is 2.71 bits per heavy atom. The summed E-state index contributed by atoms with van der Waals surface area (Å²) in [5.41, 5.74) is -0.822. The lowest BCUT2D eigenvalue weighted by Gasteiger charge is -2.17. The van der Waals surface area contributed by atoms with Crippen molar-refractivity contribution < 1.29 is 32.6 Å². The third kappa shape index (κ3) is 4.90. The molecule has 24 heavy (non-hydrogen) atoms. The Labute approximate surface area is 136 Å². The molecule has 1 aromatic carbocycles. The van der Waals surface area contributed by atoms with E-state index in [-0.39, 0.29) is 29.5 Å². The molecule has 0 saturated carbocycles. The SMILES string of the molecule is CC(C)(C)OC(=O)N=C1COc2ccc(OC(F)F)cc2NC1=O. The molecule has 0 aliphatic carbocycles. The maximum absolute atomic E-state index is 12.2. The third-order valence-electron chi connectivity index (χ3n) is 2.67. The van der Waals surface area contributed by atoms with Crippen molar-refractivity contribution in [1.29, 1.82) is 0 Å². The Hall–Kier alpha value is -2.71. The molecule has 0 fully saturated rings. The van der Waals surface area contributed by atoms with Crippen LogP contribution in [0.2, 0.25) is 0 Å². The van der Waals surface area contributed by atoms with Crippen molar-refractivity contribution in [2.45, 2.75) is 33.0 Å². The molecule has 0 saturated heterocycles. The van der Waals surface area contributed by atoms with Crippen LogP contribution in [0.25, 0.3) is 0 Å². The molecular weight excluding hydrogens is 326 g/mol. The first-order chi connectivity index (χ1) is 11.1. The summed E-state index contributed by atoms with van der Waals surface area (Å²) in [4.78, 5) is 27.4. The summed E-state index contributed by atoms with van der Waals surface area (Å²) >= 11 is 0. The fourth-order valence-electron chi connectivity index (χ4n) is 1.79. The van der Waals surface area contributed by atoms with E-state index in [2.05, 4.69) is 15.0 Å². The summed E-state index contributed by atoms with van der Waals surface area (Å²) in [6.07, 6.45) is -0.927. The van der Waals surface area contributed by atoms with Crippen molar-refractivity contribution in [1.82, 2.24) is 0 Å². The number of fused-ring (bicyclic) bond motifs is 1. The summed E-state index contributed by atoms with van der Waals surface area (Å²) in [7, 11) is 0. The molecule has 0 unspecified atom stereocenters. The van der Waals surface area contributed by atoms with Gasteiger partial charge in [0.15, 0.2) is 5.71 Å². The van der Waals surface area contributed by atoms with Gasteiger partial charge < -0.3 is 19.5 Å². The molecule has 0 spiro atoms. The second-order valence-corrected chi connectivity index (χ2v) is 5.82. The van der Waals surface area contributed by atoms with Crippen molar-refractivity contribution in [2.75, 3.05) is 11.9 Å². The number of anilines is 1. The van der Waals surface area contributed by atoms with Gasteiger partial charge in [0.2, 0.25) is 0 Å². The van der Waals surface area contributed by atoms with Gasteiger partial charge in [-0.1, -0.05) is 0 Å². The largest absolute Gasteiger partial charge is 0.485 e. The zero-order valence-electron chi connectivity index (χ0n) is 13.3. The van der Waals surface area contributed by atoms with Crippen molar-refractivity contribution in [2.24, 2.45) is 4.99 Å². The summed E-state index contributed by atoms with van der Waals surface area (Å²) in [5.74, 6) is -0.603. The minimum Gasteiger partial charge on any atom is -0.485 e. The van der Waals surface area contributed by atoms with Gasteiger partial charge in [-0.15, -0.1) is 0 Å². The Morgan fingerprint density at radius 1 is 1.38 bits per heavy atom. The second-order valence-electron chi connectivity index (χ2n) is 5.82. The van der Waals surface area contributed by atoms with Gasteiger partial charge in [0.1, 0.15) is 23.7 Å². The van der Waals surface area contributed by atoms with Gasteiger partial charge in [-0.3, -0.25) is 4.79 Å². The molecule has 1 aliphatic rings. The number of alkyl halides is 2. The maximum atomic E-state index is 12.2. The average molecular weight is 342 g/mol. The Kier molecular flexibility index (Phi) is 5.01. The van der Waals surface area contributed by atoms with Gasteiger partial charge in [-0.25, -0.2) is 4.79 Å². The first-order valence-corrected chi connectivity index (χ1v) is 6.97. The maximum Gasteiger partial charge on any atom is 0.434 e. The van der Waals surface area contributed by atoms with Gasteiger partial charge in [0.25, 0.3) is 5.91 Å². The molecule has 1 N–H and O–H groups in total. The smallest absolute Gasteiger partial charge is 0.434 e. The van der Waals surface area contributed by atoms with E-state index in [1.54, 1.807) is 20.8 Å². The highest BCUT2D eigenvalue weighted by atomic mass is 19.3. The summed E-state index contributed by atoms with van der Waals surface area (Å²) in [6.45, 7) is 1.72. The zero-order chi connectivity index (χ0) is 17.9. The van der Waals surface area contributed by atoms with E-state index in [0.29, 0.717) is 0 Å². The molecule has 1 aromatic rings. The highest BCUT2D eigenvalue weighted by molar-refractivity contribution is 6.45. The molecule has 9 heteroatoms. The van der Waals surface area contributed by atoms with E-state index in [4.69, 9.17) is 9.47 Å². The predicted molar refractivity (Wildman–Crippen MR) is 80.9 cm³/mol. The number of nitrogens with one attached hydrogen (secondary N) is 1. The molecule has 2 amide bonds. The number of hydrogen-bond acceptors (Lipinski definition) is 5. The van der Waals surface area contributed by atoms with E-state index >= 15 is 0 Å². The number of nitrogens with zero attached hydrogens (tertiary/aromatic N) is 1. The number of amides is 2. The minimum absolute atomic E-state index is 0.132. The van der Waals surface area contributed by atoms with Crippen LogP contribution in [-0.2, 0) is 9.53 Å². The van der Waals surface area contributed by atoms with Crippen LogP contribution < -0.4 is 14.8 Å². The van der Waals surface area contributed by atoms with Crippen molar-refractivity contribution in [3.05, 3.63) is 18.2 Å². The first-order valence-electron chi connectivity index (χ1n) is 6.97. The Morgan fingerprint density at radius 2 is 2.08 bits per heavy atom. The highest BCUT2D eigenvalue weighted by Gasteiger charge is 2.24. The van der Waals surface area contributed by atoms with Crippen molar-refractivity contribution >= 4 is 23.4 Å². The summed E-state index contributed by atoms with van der Waals surface area (Å²) in [6, 6.07) is 3.83. The van der Waals surface area contributed by atoms with E-state index in [0.717, 1.165) is 0 Å². The van der Waals surface area contributed by atoms with E-state index in [9.17, 15) is 18.4 Å². The number of carbonyl (C=O) groups excluding carboxylic acids is 2. The topological polar surface area (TPSA) is 86.2 Å². The molecular formula is C15H16F2N2O5. The van der Waals surface area contributed by atoms with Crippen LogP contribution in [0.5, 0.6) is 11.5 Å². The second kappa shape index (κ2) is 6.81. The molecule has 7 nitrogen and oxygen atoms in total. The Bertz CT molecular complexity index is 683. The molecule has 1 aliphatic heterocycles. The van der Waals surface area contributed by atoms with Gasteiger partial charge >= 0.3 is 12.7 Å². The quantitative estimate of drug-likeness (QED) is 0.893. The predicted octanol–water partition coefficient (Wildman–Crippen LogP) is 3.00. The van der Waals surface area contributed by atoms with Gasteiger partial charge in [0, 0.05) is 6.07 Å². The Balaban J connectivity index is 2.17. The van der Waals surface area contributed by atoms with Gasteiger partial charge in [-0.2, -0.15) is 13.8 Å². The van der Waals surface area contributed by atoms with Crippen LogP contribution in [0, 0.1) is 0 Å². The normalized spacial score (nSPS) is 16.1. The number of halogens is 2. The van der Waals surface area contributed by atoms with Crippen LogP contribution in [-0.4, -0.2) is 36.5 Å². The number of rotatable bonds is 2. The minimum atomic E-state index is -2.99. The van der Waals surface area contributed by atoms with E-state index < -0.39 is 24.2 Å². The van der Waals surface area contributed by atoms with Crippen LogP contribution in [0.3, 0.4) is 0 Å². The molecule has 0 bridgehead atoms. The lowest BCUT2D eigenvalue weighted by molar-refractivity contribution is -0.110. The standard InChI is InChI=1S/C15H16F2N2O5/c1-15(2,3)24-14(21)19-10-7-22-11-5-4-8(23-13(16)17)6-9(11)18-12(10)20/h4-6,13H,7H2,1-3H3,(H,18,20). The van der Waals surface area contributed by atoms with Gasteiger partial charge in [0.05, 0.1) is 5.69 Å². The van der Waals surface area contributed by atoms with Gasteiger partial charge in [-0.05, 0) is 32.9 Å². The zero-order valence-corrected chi connectivity index (χ0v) is 13.3. The molecule has 0 aromatic heterocycles. The van der Waals surface area contributed by atoms with Crippen LogP contribution in [0.15, 0.2) is 23.2 Å². The summed E-state index contributed by atoms with van der Waals surface area (Å²) in [5, 5.41) is 2.43. The number of carbonyl (C=O) groups is 2.